The summed E-state index contributed by atoms with van der Waals surface area (Å²) >= 11 is 0. The third-order valence-corrected chi connectivity index (χ3v) is 7.49. The number of ether oxygens (including phenoxy) is 2. The van der Waals surface area contributed by atoms with Gasteiger partial charge in [-0.3, -0.25) is 19.4 Å². The summed E-state index contributed by atoms with van der Waals surface area (Å²) in [6.45, 7) is 8.42. The second-order valence-corrected chi connectivity index (χ2v) is 9.84. The van der Waals surface area contributed by atoms with Crippen LogP contribution in [0.4, 0.5) is 5.69 Å². The van der Waals surface area contributed by atoms with Crippen molar-refractivity contribution in [3.63, 3.8) is 0 Å². The molecular weight excluding hydrogens is 478 g/mol. The van der Waals surface area contributed by atoms with Gasteiger partial charge in [-0.15, -0.1) is 0 Å². The Morgan fingerprint density at radius 3 is 2.34 bits per heavy atom. The van der Waals surface area contributed by atoms with Crippen molar-refractivity contribution in [2.75, 3.05) is 44.8 Å². The van der Waals surface area contributed by atoms with Crippen molar-refractivity contribution in [2.45, 2.75) is 32.9 Å². The Morgan fingerprint density at radius 2 is 1.63 bits per heavy atom. The van der Waals surface area contributed by atoms with E-state index >= 15 is 0 Å². The Kier molecular flexibility index (Phi) is 7.65. The first-order chi connectivity index (χ1) is 18.5. The van der Waals surface area contributed by atoms with E-state index in [0.717, 1.165) is 43.9 Å². The standard InChI is InChI=1S/C31H35N3O4/c1-4-19-38-27-14-13-23(20-28(27)37-3)21-34-30(35)25-11-8-12-26(29(25)31(34)36)33-17-15-32(16-18-33)22(2)24-9-6-5-7-10-24/h5-14,20,22H,4,15-19,21H2,1-3H3/t22-/m1/s1. The van der Waals surface area contributed by atoms with Crippen LogP contribution < -0.4 is 14.4 Å². The monoisotopic (exact) mass is 513 g/mol. The molecule has 2 amide bonds. The highest BCUT2D eigenvalue weighted by Gasteiger charge is 2.39. The lowest BCUT2D eigenvalue weighted by molar-refractivity contribution is 0.0642. The zero-order chi connectivity index (χ0) is 26.6. The Balaban J connectivity index is 1.31. The van der Waals surface area contributed by atoms with Gasteiger partial charge in [0.1, 0.15) is 0 Å². The minimum atomic E-state index is -0.256. The van der Waals surface area contributed by atoms with Gasteiger partial charge in [-0.2, -0.15) is 0 Å². The number of imide groups is 1. The third-order valence-electron chi connectivity index (χ3n) is 7.49. The van der Waals surface area contributed by atoms with E-state index in [-0.39, 0.29) is 18.4 Å². The maximum atomic E-state index is 13.6. The number of piperazine rings is 1. The van der Waals surface area contributed by atoms with E-state index in [0.29, 0.717) is 35.3 Å². The fourth-order valence-electron chi connectivity index (χ4n) is 5.34. The van der Waals surface area contributed by atoms with Crippen LogP contribution in [0.3, 0.4) is 0 Å². The fourth-order valence-corrected chi connectivity index (χ4v) is 5.34. The van der Waals surface area contributed by atoms with Crippen molar-refractivity contribution in [3.05, 3.63) is 89.0 Å². The molecule has 0 bridgehead atoms. The van der Waals surface area contributed by atoms with Crippen LogP contribution in [-0.4, -0.2) is 61.5 Å². The first kappa shape index (κ1) is 25.8. The highest BCUT2D eigenvalue weighted by atomic mass is 16.5. The van der Waals surface area contributed by atoms with E-state index in [1.807, 2.05) is 43.3 Å². The van der Waals surface area contributed by atoms with Crippen LogP contribution in [0.5, 0.6) is 11.5 Å². The number of fused-ring (bicyclic) bond motifs is 1. The molecule has 5 rings (SSSR count). The third kappa shape index (κ3) is 4.98. The summed E-state index contributed by atoms with van der Waals surface area (Å²) < 4.78 is 11.2. The molecule has 2 heterocycles. The smallest absolute Gasteiger partial charge is 0.263 e. The maximum Gasteiger partial charge on any atom is 0.263 e. The summed E-state index contributed by atoms with van der Waals surface area (Å²) in [7, 11) is 1.59. The molecule has 0 saturated carbocycles. The quantitative estimate of drug-likeness (QED) is 0.368. The number of rotatable bonds is 9. The second kappa shape index (κ2) is 11.3. The number of nitrogens with zero attached hydrogens (tertiary/aromatic N) is 3. The van der Waals surface area contributed by atoms with Crippen molar-refractivity contribution < 1.29 is 19.1 Å². The lowest BCUT2D eigenvalue weighted by Gasteiger charge is -2.39. The van der Waals surface area contributed by atoms with Crippen LogP contribution in [0.1, 0.15) is 58.2 Å². The maximum absolute atomic E-state index is 13.6. The van der Waals surface area contributed by atoms with Crippen molar-refractivity contribution >= 4 is 17.5 Å². The molecule has 198 valence electrons. The first-order valence-corrected chi connectivity index (χ1v) is 13.3. The largest absolute Gasteiger partial charge is 0.493 e. The molecule has 2 aliphatic heterocycles. The molecule has 7 nitrogen and oxygen atoms in total. The number of hydrogen-bond donors (Lipinski definition) is 0. The Labute approximate surface area is 224 Å². The lowest BCUT2D eigenvalue weighted by atomic mass is 10.0. The normalized spacial score (nSPS) is 16.5. The molecule has 7 heteroatoms. The summed E-state index contributed by atoms with van der Waals surface area (Å²) in [5.74, 6) is 0.749. The van der Waals surface area contributed by atoms with Crippen LogP contribution in [-0.2, 0) is 6.54 Å². The average Bonchev–Trinajstić information content (AvgIpc) is 3.21. The number of benzene rings is 3. The molecule has 38 heavy (non-hydrogen) atoms. The van der Waals surface area contributed by atoms with Crippen LogP contribution in [0, 0.1) is 0 Å². The second-order valence-electron chi connectivity index (χ2n) is 9.84. The molecule has 1 atom stereocenters. The van der Waals surface area contributed by atoms with E-state index in [2.05, 4.69) is 41.0 Å². The average molecular weight is 514 g/mol. The number of amides is 2. The van der Waals surface area contributed by atoms with Gasteiger partial charge >= 0.3 is 0 Å². The van der Waals surface area contributed by atoms with Crippen LogP contribution in [0.15, 0.2) is 66.7 Å². The van der Waals surface area contributed by atoms with Crippen LogP contribution in [0.25, 0.3) is 0 Å². The summed E-state index contributed by atoms with van der Waals surface area (Å²) in [6, 6.07) is 22.0. The molecule has 1 fully saturated rings. The van der Waals surface area contributed by atoms with Crippen molar-refractivity contribution in [2.24, 2.45) is 0 Å². The molecule has 0 aliphatic carbocycles. The van der Waals surface area contributed by atoms with Gasteiger partial charge in [0.15, 0.2) is 11.5 Å². The molecule has 0 aromatic heterocycles. The van der Waals surface area contributed by atoms with Gasteiger partial charge in [-0.1, -0.05) is 49.4 Å². The number of methoxy groups -OCH3 is 1. The Hall–Kier alpha value is -3.84. The molecule has 0 N–H and O–H groups in total. The molecule has 0 radical (unpaired) electrons. The molecule has 3 aromatic rings. The topological polar surface area (TPSA) is 62.3 Å². The summed E-state index contributed by atoms with van der Waals surface area (Å²) in [6.07, 6.45) is 0.892. The summed E-state index contributed by atoms with van der Waals surface area (Å²) in [5.41, 5.74) is 3.94. The lowest BCUT2D eigenvalue weighted by Crippen LogP contribution is -2.47. The van der Waals surface area contributed by atoms with E-state index in [9.17, 15) is 9.59 Å². The van der Waals surface area contributed by atoms with Gasteiger partial charge in [-0.25, -0.2) is 0 Å². The highest BCUT2D eigenvalue weighted by Crippen LogP contribution is 2.35. The molecule has 3 aromatic carbocycles. The Bertz CT molecular complexity index is 1300. The number of hydrogen-bond acceptors (Lipinski definition) is 6. The van der Waals surface area contributed by atoms with Gasteiger partial charge in [0.05, 0.1) is 37.1 Å². The minimum absolute atomic E-state index is 0.179. The van der Waals surface area contributed by atoms with Gasteiger partial charge in [0.2, 0.25) is 0 Å². The van der Waals surface area contributed by atoms with Crippen LogP contribution in [0.2, 0.25) is 0 Å². The summed E-state index contributed by atoms with van der Waals surface area (Å²) in [4.78, 5) is 33.0. The number of carbonyl (C=O) groups excluding carboxylic acids is 2. The first-order valence-electron chi connectivity index (χ1n) is 13.3. The predicted molar refractivity (Wildman–Crippen MR) is 148 cm³/mol. The fraction of sp³-hybridized carbons (Fsp3) is 0.355. The Morgan fingerprint density at radius 1 is 0.868 bits per heavy atom. The van der Waals surface area contributed by atoms with Gasteiger partial charge in [0.25, 0.3) is 11.8 Å². The molecule has 1 saturated heterocycles. The molecule has 2 aliphatic rings. The van der Waals surface area contributed by atoms with Gasteiger partial charge in [-0.05, 0) is 48.7 Å². The minimum Gasteiger partial charge on any atom is -0.493 e. The van der Waals surface area contributed by atoms with E-state index in [1.54, 1.807) is 13.2 Å². The highest BCUT2D eigenvalue weighted by molar-refractivity contribution is 6.23. The van der Waals surface area contributed by atoms with E-state index < -0.39 is 0 Å². The number of anilines is 1. The van der Waals surface area contributed by atoms with Crippen molar-refractivity contribution in [1.82, 2.24) is 9.80 Å². The van der Waals surface area contributed by atoms with Gasteiger partial charge in [0, 0.05) is 32.2 Å². The number of carbonyl (C=O) groups is 2. The van der Waals surface area contributed by atoms with Crippen LogP contribution >= 0.6 is 0 Å². The molecular formula is C31H35N3O4. The summed E-state index contributed by atoms with van der Waals surface area (Å²) in [5, 5.41) is 0. The predicted octanol–water partition coefficient (Wildman–Crippen LogP) is 5.16. The van der Waals surface area contributed by atoms with Crippen molar-refractivity contribution in [1.29, 1.82) is 0 Å². The van der Waals surface area contributed by atoms with Gasteiger partial charge < -0.3 is 14.4 Å². The van der Waals surface area contributed by atoms with Crippen molar-refractivity contribution in [3.8, 4) is 11.5 Å². The molecule has 0 spiro atoms. The van der Waals surface area contributed by atoms with E-state index in [1.165, 1.54) is 10.5 Å². The SMILES string of the molecule is CCCOc1ccc(CN2C(=O)c3cccc(N4CCN([C@H](C)c5ccccc5)CC4)c3C2=O)cc1OC. The zero-order valence-corrected chi connectivity index (χ0v) is 22.4. The zero-order valence-electron chi connectivity index (χ0n) is 22.4. The molecule has 0 unspecified atom stereocenters. The van der Waals surface area contributed by atoms with E-state index in [4.69, 9.17) is 9.47 Å².